The quantitative estimate of drug-likeness (QED) is 0.415. The first-order valence-electron chi connectivity index (χ1n) is 3.40. The summed E-state index contributed by atoms with van der Waals surface area (Å²) in [6.07, 6.45) is -2.69. The molecule has 0 aliphatic rings. The maximum absolute atomic E-state index is 10.4. The van der Waals surface area contributed by atoms with Gasteiger partial charge in [0.25, 0.3) is 0 Å². The molecule has 0 heterocycles. The van der Waals surface area contributed by atoms with Crippen LogP contribution in [0.3, 0.4) is 0 Å². The molecule has 0 fully saturated rings. The SMILES string of the molecule is CC(O)C(O)/C(=C\C(=O)O)C(=O)O. The second-order valence-electron chi connectivity index (χ2n) is 2.43. The van der Waals surface area contributed by atoms with Gasteiger partial charge in [-0.2, -0.15) is 0 Å². The number of aliphatic carboxylic acids is 2. The van der Waals surface area contributed by atoms with Crippen LogP contribution in [0.5, 0.6) is 0 Å². The highest BCUT2D eigenvalue weighted by Gasteiger charge is 2.23. The van der Waals surface area contributed by atoms with Gasteiger partial charge in [0.05, 0.1) is 11.7 Å². The molecule has 0 spiro atoms. The zero-order chi connectivity index (χ0) is 10.6. The van der Waals surface area contributed by atoms with Gasteiger partial charge in [0.2, 0.25) is 0 Å². The summed E-state index contributed by atoms with van der Waals surface area (Å²) in [6, 6.07) is 0. The fourth-order valence-electron chi connectivity index (χ4n) is 0.667. The van der Waals surface area contributed by atoms with E-state index in [1.54, 1.807) is 0 Å². The Morgan fingerprint density at radius 2 is 1.69 bits per heavy atom. The van der Waals surface area contributed by atoms with Crippen molar-refractivity contribution in [2.75, 3.05) is 0 Å². The summed E-state index contributed by atoms with van der Waals surface area (Å²) < 4.78 is 0. The molecule has 0 aliphatic heterocycles. The predicted molar refractivity (Wildman–Crippen MR) is 41.0 cm³/mol. The first kappa shape index (κ1) is 11.6. The molecular weight excluding hydrogens is 180 g/mol. The lowest BCUT2D eigenvalue weighted by Crippen LogP contribution is -2.29. The smallest absolute Gasteiger partial charge is 0.334 e. The Hall–Kier alpha value is -1.40. The molecule has 0 aliphatic carbocycles. The summed E-state index contributed by atoms with van der Waals surface area (Å²) in [7, 11) is 0. The van der Waals surface area contributed by atoms with E-state index in [0.717, 1.165) is 6.92 Å². The third-order valence-corrected chi connectivity index (χ3v) is 1.30. The summed E-state index contributed by atoms with van der Waals surface area (Å²) >= 11 is 0. The van der Waals surface area contributed by atoms with Crippen molar-refractivity contribution in [1.82, 2.24) is 0 Å². The normalized spacial score (nSPS) is 16.4. The molecule has 74 valence electrons. The number of carboxylic acids is 2. The summed E-state index contributed by atoms with van der Waals surface area (Å²) in [5, 5.41) is 34.5. The van der Waals surface area contributed by atoms with Crippen molar-refractivity contribution in [3.63, 3.8) is 0 Å². The second-order valence-corrected chi connectivity index (χ2v) is 2.43. The highest BCUT2D eigenvalue weighted by molar-refractivity contribution is 5.95. The average molecular weight is 190 g/mol. The minimum absolute atomic E-state index is 0.347. The Kier molecular flexibility index (Phi) is 4.09. The van der Waals surface area contributed by atoms with E-state index in [1.165, 1.54) is 0 Å². The second kappa shape index (κ2) is 4.58. The molecule has 0 saturated heterocycles. The Morgan fingerprint density at radius 1 is 1.23 bits per heavy atom. The number of rotatable bonds is 4. The van der Waals surface area contributed by atoms with Crippen molar-refractivity contribution in [3.05, 3.63) is 11.6 Å². The Bertz CT molecular complexity index is 241. The first-order chi connectivity index (χ1) is 5.86. The van der Waals surface area contributed by atoms with E-state index in [4.69, 9.17) is 20.4 Å². The minimum atomic E-state index is -1.70. The minimum Gasteiger partial charge on any atom is -0.478 e. The van der Waals surface area contributed by atoms with Crippen LogP contribution in [0, 0.1) is 0 Å². The molecule has 0 amide bonds. The van der Waals surface area contributed by atoms with Gasteiger partial charge in [0, 0.05) is 6.08 Å². The van der Waals surface area contributed by atoms with Crippen LogP contribution in [-0.4, -0.2) is 44.6 Å². The van der Waals surface area contributed by atoms with Crippen LogP contribution in [0.2, 0.25) is 0 Å². The number of hydrogen-bond donors (Lipinski definition) is 4. The van der Waals surface area contributed by atoms with Crippen LogP contribution < -0.4 is 0 Å². The lowest BCUT2D eigenvalue weighted by molar-refractivity contribution is -0.136. The number of aliphatic hydroxyl groups excluding tert-OH is 2. The third-order valence-electron chi connectivity index (χ3n) is 1.30. The van der Waals surface area contributed by atoms with E-state index >= 15 is 0 Å². The van der Waals surface area contributed by atoms with Gasteiger partial charge in [0.1, 0.15) is 6.10 Å². The molecule has 2 unspecified atom stereocenters. The largest absolute Gasteiger partial charge is 0.478 e. The number of carbonyl (C=O) groups is 2. The molecule has 0 aromatic rings. The maximum Gasteiger partial charge on any atom is 0.334 e. The third kappa shape index (κ3) is 3.68. The summed E-state index contributed by atoms with van der Waals surface area (Å²) in [6.45, 7) is 1.16. The first-order valence-corrected chi connectivity index (χ1v) is 3.40. The maximum atomic E-state index is 10.4. The molecule has 0 radical (unpaired) electrons. The van der Waals surface area contributed by atoms with Gasteiger partial charge in [-0.05, 0) is 6.92 Å². The van der Waals surface area contributed by atoms with Crippen molar-refractivity contribution in [2.45, 2.75) is 19.1 Å². The van der Waals surface area contributed by atoms with Gasteiger partial charge in [-0.15, -0.1) is 0 Å². The van der Waals surface area contributed by atoms with Gasteiger partial charge in [-0.25, -0.2) is 9.59 Å². The molecule has 0 saturated carbocycles. The zero-order valence-corrected chi connectivity index (χ0v) is 6.84. The molecule has 0 bridgehead atoms. The van der Waals surface area contributed by atoms with Crippen LogP contribution in [-0.2, 0) is 9.59 Å². The molecule has 4 N–H and O–H groups in total. The lowest BCUT2D eigenvalue weighted by Gasteiger charge is -2.13. The van der Waals surface area contributed by atoms with Crippen LogP contribution in [0.1, 0.15) is 6.92 Å². The monoisotopic (exact) mass is 190 g/mol. The highest BCUT2D eigenvalue weighted by atomic mass is 16.4. The van der Waals surface area contributed by atoms with Crippen LogP contribution in [0.25, 0.3) is 0 Å². The summed E-state index contributed by atoms with van der Waals surface area (Å²) in [5.74, 6) is -3.06. The Morgan fingerprint density at radius 3 is 1.92 bits per heavy atom. The van der Waals surface area contributed by atoms with E-state index in [2.05, 4.69) is 0 Å². The van der Waals surface area contributed by atoms with Crippen molar-refractivity contribution in [3.8, 4) is 0 Å². The molecule has 0 aromatic carbocycles. The fraction of sp³-hybridized carbons (Fsp3) is 0.429. The molecule has 2 atom stereocenters. The van der Waals surface area contributed by atoms with Crippen molar-refractivity contribution >= 4 is 11.9 Å². The number of aliphatic hydroxyl groups is 2. The zero-order valence-electron chi connectivity index (χ0n) is 6.84. The van der Waals surface area contributed by atoms with E-state index in [0.29, 0.717) is 6.08 Å². The molecule has 13 heavy (non-hydrogen) atoms. The molecule has 6 nitrogen and oxygen atoms in total. The van der Waals surface area contributed by atoms with Crippen molar-refractivity contribution in [1.29, 1.82) is 0 Å². The van der Waals surface area contributed by atoms with Gasteiger partial charge in [0.15, 0.2) is 0 Å². The van der Waals surface area contributed by atoms with Gasteiger partial charge in [-0.3, -0.25) is 0 Å². The van der Waals surface area contributed by atoms with E-state index in [9.17, 15) is 9.59 Å². The molecular formula is C7H10O6. The standard InChI is InChI=1S/C7H10O6/c1-3(8)6(11)4(7(12)13)2-5(9)10/h2-3,6,8,11H,1H3,(H,9,10)(H,12,13)/b4-2+. The number of carboxylic acid groups (broad SMARTS) is 2. The molecule has 0 rings (SSSR count). The predicted octanol–water partition coefficient (Wildman–Crippen LogP) is -1.18. The summed E-state index contributed by atoms with van der Waals surface area (Å²) in [4.78, 5) is 20.5. The average Bonchev–Trinajstić information content (AvgIpc) is 1.97. The van der Waals surface area contributed by atoms with E-state index < -0.39 is 29.7 Å². The fourth-order valence-corrected chi connectivity index (χ4v) is 0.667. The van der Waals surface area contributed by atoms with Crippen molar-refractivity contribution < 1.29 is 30.0 Å². The summed E-state index contributed by atoms with van der Waals surface area (Å²) in [5.41, 5.74) is -0.748. The van der Waals surface area contributed by atoms with E-state index in [-0.39, 0.29) is 0 Å². The van der Waals surface area contributed by atoms with Gasteiger partial charge in [-0.1, -0.05) is 0 Å². The number of hydrogen-bond acceptors (Lipinski definition) is 4. The van der Waals surface area contributed by atoms with Crippen molar-refractivity contribution in [2.24, 2.45) is 0 Å². The lowest BCUT2D eigenvalue weighted by atomic mass is 10.1. The van der Waals surface area contributed by atoms with Gasteiger partial charge >= 0.3 is 11.9 Å². The Balaban J connectivity index is 4.82. The van der Waals surface area contributed by atoms with Crippen LogP contribution in [0.15, 0.2) is 11.6 Å². The molecule has 6 heteroatoms. The van der Waals surface area contributed by atoms with E-state index in [1.807, 2.05) is 0 Å². The molecule has 0 aromatic heterocycles. The van der Waals surface area contributed by atoms with Crippen LogP contribution in [0.4, 0.5) is 0 Å². The topological polar surface area (TPSA) is 115 Å². The van der Waals surface area contributed by atoms with Gasteiger partial charge < -0.3 is 20.4 Å². The highest BCUT2D eigenvalue weighted by Crippen LogP contribution is 2.06. The van der Waals surface area contributed by atoms with Crippen LogP contribution >= 0.6 is 0 Å². The Labute approximate surface area is 73.7 Å².